The number of carboxylic acid groups (broad SMARTS) is 1. The summed E-state index contributed by atoms with van der Waals surface area (Å²) in [6.45, 7) is 2.18. The second-order valence-electron chi connectivity index (χ2n) is 4.12. The first kappa shape index (κ1) is 12.9. The number of aromatic carboxylic acids is 1. The van der Waals surface area contributed by atoms with Crippen molar-refractivity contribution in [3.05, 3.63) is 69.6 Å². The maximum absolute atomic E-state index is 11.7. The number of nitrogens with zero attached hydrogens (tertiary/aromatic N) is 1. The maximum Gasteiger partial charge on any atom is 0.341 e. The van der Waals surface area contributed by atoms with Crippen molar-refractivity contribution in [1.82, 2.24) is 4.73 Å². The minimum Gasteiger partial charge on any atom is -0.477 e. The number of rotatable bonds is 4. The van der Waals surface area contributed by atoms with E-state index in [0.29, 0.717) is 0 Å². The molecule has 98 valence electrons. The number of carbonyl (C=O) groups is 1. The Labute approximate surface area is 109 Å². The summed E-state index contributed by atoms with van der Waals surface area (Å²) in [5.41, 5.74) is 1.04. The second-order valence-corrected chi connectivity index (χ2v) is 4.12. The van der Waals surface area contributed by atoms with Gasteiger partial charge in [-0.05, 0) is 24.6 Å². The lowest BCUT2D eigenvalue weighted by Gasteiger charge is -2.08. The summed E-state index contributed by atoms with van der Waals surface area (Å²) < 4.78 is 0.934. The van der Waals surface area contributed by atoms with Gasteiger partial charge in [-0.3, -0.25) is 4.79 Å². The lowest BCUT2D eigenvalue weighted by molar-refractivity contribution is 0.0668. The topological polar surface area (TPSA) is 68.5 Å². The van der Waals surface area contributed by atoms with E-state index in [1.807, 2.05) is 31.2 Å². The van der Waals surface area contributed by atoms with Crippen LogP contribution in [0.4, 0.5) is 0 Å². The number of benzene rings is 1. The molecule has 5 nitrogen and oxygen atoms in total. The summed E-state index contributed by atoms with van der Waals surface area (Å²) >= 11 is 0. The fourth-order valence-electron chi connectivity index (χ4n) is 1.57. The molecule has 0 aliphatic carbocycles. The van der Waals surface area contributed by atoms with Gasteiger partial charge in [0.15, 0.2) is 0 Å². The van der Waals surface area contributed by atoms with E-state index in [-0.39, 0.29) is 12.2 Å². The van der Waals surface area contributed by atoms with Gasteiger partial charge in [0.1, 0.15) is 12.2 Å². The first-order valence-electron chi connectivity index (χ1n) is 5.72. The summed E-state index contributed by atoms with van der Waals surface area (Å²) in [7, 11) is 0. The van der Waals surface area contributed by atoms with Gasteiger partial charge in [0, 0.05) is 6.20 Å². The number of hydrogen-bond acceptors (Lipinski definition) is 3. The summed E-state index contributed by atoms with van der Waals surface area (Å²) in [5, 5.41) is 8.84. The van der Waals surface area contributed by atoms with E-state index in [1.165, 1.54) is 18.3 Å². The predicted molar refractivity (Wildman–Crippen MR) is 69.1 cm³/mol. The average Bonchev–Trinajstić information content (AvgIpc) is 2.39. The molecule has 0 radical (unpaired) electrons. The zero-order valence-electron chi connectivity index (χ0n) is 10.4. The van der Waals surface area contributed by atoms with E-state index in [4.69, 9.17) is 9.94 Å². The van der Waals surface area contributed by atoms with Crippen LogP contribution in [0.5, 0.6) is 0 Å². The van der Waals surface area contributed by atoms with Crippen LogP contribution in [0.3, 0.4) is 0 Å². The largest absolute Gasteiger partial charge is 0.477 e. The van der Waals surface area contributed by atoms with Crippen molar-refractivity contribution in [2.24, 2.45) is 0 Å². The van der Waals surface area contributed by atoms with Crippen molar-refractivity contribution >= 4 is 5.97 Å². The van der Waals surface area contributed by atoms with Crippen molar-refractivity contribution in [1.29, 1.82) is 0 Å². The molecule has 0 bridgehead atoms. The Hall–Kier alpha value is -2.56. The van der Waals surface area contributed by atoms with Gasteiger partial charge < -0.3 is 9.94 Å². The van der Waals surface area contributed by atoms with Crippen molar-refractivity contribution in [2.45, 2.75) is 13.5 Å². The Morgan fingerprint density at radius 3 is 2.58 bits per heavy atom. The van der Waals surface area contributed by atoms with Crippen molar-refractivity contribution in [3.8, 4) is 0 Å². The number of hydrogen-bond donors (Lipinski definition) is 1. The normalized spacial score (nSPS) is 10.2. The minimum atomic E-state index is -1.27. The van der Waals surface area contributed by atoms with Crippen LogP contribution in [0.25, 0.3) is 0 Å². The van der Waals surface area contributed by atoms with Gasteiger partial charge in [-0.15, -0.1) is 0 Å². The van der Waals surface area contributed by atoms with Gasteiger partial charge >= 0.3 is 5.97 Å². The molecule has 1 aromatic carbocycles. The van der Waals surface area contributed by atoms with Crippen molar-refractivity contribution < 1.29 is 14.7 Å². The van der Waals surface area contributed by atoms with Gasteiger partial charge in [-0.25, -0.2) is 4.79 Å². The van der Waals surface area contributed by atoms with Gasteiger partial charge in [0.25, 0.3) is 5.56 Å². The van der Waals surface area contributed by atoms with Crippen LogP contribution >= 0.6 is 0 Å². The van der Waals surface area contributed by atoms with Gasteiger partial charge in [-0.1, -0.05) is 29.8 Å². The molecule has 0 aliphatic rings. The third-order valence-corrected chi connectivity index (χ3v) is 2.64. The fraction of sp³-hybridized carbons (Fsp3) is 0.143. The first-order valence-corrected chi connectivity index (χ1v) is 5.72. The highest BCUT2D eigenvalue weighted by Gasteiger charge is 2.10. The average molecular weight is 259 g/mol. The number of aromatic nitrogens is 1. The van der Waals surface area contributed by atoms with Gasteiger partial charge in [0.2, 0.25) is 0 Å². The van der Waals surface area contributed by atoms with Crippen LogP contribution in [0.1, 0.15) is 21.5 Å². The monoisotopic (exact) mass is 259 g/mol. The highest BCUT2D eigenvalue weighted by molar-refractivity contribution is 5.86. The second kappa shape index (κ2) is 5.39. The van der Waals surface area contributed by atoms with Crippen LogP contribution in [-0.4, -0.2) is 15.8 Å². The third-order valence-electron chi connectivity index (χ3n) is 2.64. The fourth-order valence-corrected chi connectivity index (χ4v) is 1.57. The smallest absolute Gasteiger partial charge is 0.341 e. The van der Waals surface area contributed by atoms with E-state index in [2.05, 4.69) is 0 Å². The molecule has 0 spiro atoms. The van der Waals surface area contributed by atoms with E-state index < -0.39 is 11.5 Å². The highest BCUT2D eigenvalue weighted by Crippen LogP contribution is 2.03. The molecule has 1 N–H and O–H groups in total. The maximum atomic E-state index is 11.7. The van der Waals surface area contributed by atoms with Gasteiger partial charge in [0.05, 0.1) is 0 Å². The van der Waals surface area contributed by atoms with Gasteiger partial charge in [-0.2, -0.15) is 4.73 Å². The third kappa shape index (κ3) is 3.01. The standard InChI is InChI=1S/C14H13NO4/c1-10-4-6-11(7-5-10)9-19-15-8-2-3-12(13(15)16)14(17)18/h2-8H,9H2,1H3,(H,17,18). The molecule has 2 aromatic rings. The number of aryl methyl sites for hydroxylation is 1. The number of pyridine rings is 1. The van der Waals surface area contributed by atoms with Crippen LogP contribution < -0.4 is 10.4 Å². The lowest BCUT2D eigenvalue weighted by atomic mass is 10.2. The zero-order valence-corrected chi connectivity index (χ0v) is 10.4. The van der Waals surface area contributed by atoms with Crippen molar-refractivity contribution in [2.75, 3.05) is 0 Å². The Bertz CT molecular complexity index is 643. The molecular weight excluding hydrogens is 246 g/mol. The SMILES string of the molecule is Cc1ccc(COn2cccc(C(=O)O)c2=O)cc1. The van der Waals surface area contributed by atoms with E-state index in [0.717, 1.165) is 15.9 Å². The molecule has 0 fully saturated rings. The molecule has 1 heterocycles. The summed E-state index contributed by atoms with van der Waals surface area (Å²) in [6, 6.07) is 10.4. The Morgan fingerprint density at radius 1 is 1.26 bits per heavy atom. The molecule has 1 aromatic heterocycles. The summed E-state index contributed by atoms with van der Waals surface area (Å²) in [4.78, 5) is 27.9. The molecule has 0 saturated carbocycles. The Balaban J connectivity index is 2.16. The van der Waals surface area contributed by atoms with Crippen LogP contribution in [0.2, 0.25) is 0 Å². The predicted octanol–water partition coefficient (Wildman–Crippen LogP) is 1.48. The van der Waals surface area contributed by atoms with E-state index in [9.17, 15) is 9.59 Å². The zero-order chi connectivity index (χ0) is 13.8. The minimum absolute atomic E-state index is 0.198. The Kier molecular flexibility index (Phi) is 3.66. The Morgan fingerprint density at radius 2 is 1.95 bits per heavy atom. The molecule has 0 atom stereocenters. The highest BCUT2D eigenvalue weighted by atomic mass is 16.7. The summed E-state index contributed by atoms with van der Waals surface area (Å²) in [5.74, 6) is -1.27. The molecular formula is C14H13NO4. The van der Waals surface area contributed by atoms with E-state index in [1.54, 1.807) is 0 Å². The molecule has 0 amide bonds. The quantitative estimate of drug-likeness (QED) is 0.903. The van der Waals surface area contributed by atoms with Crippen LogP contribution in [0, 0.1) is 6.92 Å². The summed E-state index contributed by atoms with van der Waals surface area (Å²) in [6.07, 6.45) is 1.39. The lowest BCUT2D eigenvalue weighted by Crippen LogP contribution is -2.30. The molecule has 5 heteroatoms. The molecule has 0 aliphatic heterocycles. The number of carboxylic acids is 1. The molecule has 19 heavy (non-hydrogen) atoms. The molecule has 2 rings (SSSR count). The first-order chi connectivity index (χ1) is 9.08. The van der Waals surface area contributed by atoms with Crippen molar-refractivity contribution in [3.63, 3.8) is 0 Å². The van der Waals surface area contributed by atoms with Crippen LogP contribution in [0.15, 0.2) is 47.4 Å². The molecule has 0 unspecified atom stereocenters. The van der Waals surface area contributed by atoms with Crippen LogP contribution in [-0.2, 0) is 6.61 Å². The van der Waals surface area contributed by atoms with E-state index >= 15 is 0 Å². The molecule has 0 saturated heterocycles.